The molecule has 0 spiro atoms. The standard InChI is InChI=1S/C10H24Si3/c1-11(2,3)10-12(4,5)8-9-13(10,6)7/h8-10H,1-7H3. The van der Waals surface area contributed by atoms with Crippen molar-refractivity contribution < 1.29 is 0 Å². The minimum Gasteiger partial charge on any atom is -0.103 e. The third-order valence-electron chi connectivity index (χ3n) is 3.30. The van der Waals surface area contributed by atoms with Crippen LogP contribution in [0.1, 0.15) is 0 Å². The van der Waals surface area contributed by atoms with E-state index in [0.29, 0.717) is 0 Å². The molecule has 0 aromatic rings. The lowest BCUT2D eigenvalue weighted by Crippen LogP contribution is -2.52. The Morgan fingerprint density at radius 1 is 0.846 bits per heavy atom. The summed E-state index contributed by atoms with van der Waals surface area (Å²) in [5.74, 6) is 0. The monoisotopic (exact) mass is 228 g/mol. The van der Waals surface area contributed by atoms with Crippen molar-refractivity contribution in [1.82, 2.24) is 0 Å². The highest BCUT2D eigenvalue weighted by Crippen LogP contribution is 2.45. The quantitative estimate of drug-likeness (QED) is 0.598. The highest BCUT2D eigenvalue weighted by molar-refractivity contribution is 7.18. The van der Waals surface area contributed by atoms with Gasteiger partial charge in [-0.3, -0.25) is 0 Å². The van der Waals surface area contributed by atoms with Crippen LogP contribution in [-0.2, 0) is 0 Å². The van der Waals surface area contributed by atoms with Gasteiger partial charge in [0.25, 0.3) is 0 Å². The van der Waals surface area contributed by atoms with E-state index in [9.17, 15) is 0 Å². The molecule has 0 amide bonds. The molecular weight excluding hydrogens is 204 g/mol. The lowest BCUT2D eigenvalue weighted by atomic mass is 11.2. The molecule has 1 heterocycles. The Kier molecular flexibility index (Phi) is 2.59. The summed E-state index contributed by atoms with van der Waals surface area (Å²) >= 11 is 0. The SMILES string of the molecule is C[Si](C)(C)C1[Si](C)(C)C=C[Si]1(C)C. The number of hydrogen-bond donors (Lipinski definition) is 0. The first-order valence-electron chi connectivity index (χ1n) is 5.28. The van der Waals surface area contributed by atoms with Crippen LogP contribution in [0.2, 0.25) is 50.6 Å². The van der Waals surface area contributed by atoms with E-state index in [1.165, 1.54) is 0 Å². The topological polar surface area (TPSA) is 0 Å². The van der Waals surface area contributed by atoms with Gasteiger partial charge in [0.05, 0.1) is 16.1 Å². The van der Waals surface area contributed by atoms with E-state index in [0.717, 1.165) is 4.79 Å². The molecule has 13 heavy (non-hydrogen) atoms. The maximum Gasteiger partial charge on any atom is 0.0690 e. The first kappa shape index (κ1) is 11.5. The van der Waals surface area contributed by atoms with E-state index in [4.69, 9.17) is 0 Å². The third kappa shape index (κ3) is 2.08. The third-order valence-corrected chi connectivity index (χ3v) is 24.5. The Morgan fingerprint density at radius 2 is 1.15 bits per heavy atom. The first-order valence-corrected chi connectivity index (χ1v) is 15.2. The average molecular weight is 229 g/mol. The fourth-order valence-electron chi connectivity index (χ4n) is 3.81. The van der Waals surface area contributed by atoms with Gasteiger partial charge in [-0.2, -0.15) is 0 Å². The number of hydrogen-bond acceptors (Lipinski definition) is 0. The average Bonchev–Trinajstić information content (AvgIpc) is 1.98. The van der Waals surface area contributed by atoms with Gasteiger partial charge < -0.3 is 0 Å². The van der Waals surface area contributed by atoms with Crippen molar-refractivity contribution in [2.45, 2.75) is 50.6 Å². The largest absolute Gasteiger partial charge is 0.103 e. The first-order chi connectivity index (χ1) is 5.57. The van der Waals surface area contributed by atoms with E-state index in [1.54, 1.807) is 0 Å². The van der Waals surface area contributed by atoms with Crippen LogP contribution >= 0.6 is 0 Å². The Balaban J connectivity index is 3.07. The van der Waals surface area contributed by atoms with Crippen LogP contribution < -0.4 is 0 Å². The normalized spacial score (nSPS) is 26.7. The Bertz CT molecular complexity index is 215. The summed E-state index contributed by atoms with van der Waals surface area (Å²) in [5.41, 5.74) is 5.25. The minimum absolute atomic E-state index is 0.934. The Morgan fingerprint density at radius 3 is 1.31 bits per heavy atom. The second-order valence-electron chi connectivity index (χ2n) is 6.78. The molecule has 3 heteroatoms. The van der Waals surface area contributed by atoms with Gasteiger partial charge in [0.2, 0.25) is 0 Å². The second kappa shape index (κ2) is 2.94. The molecule has 0 aromatic heterocycles. The van der Waals surface area contributed by atoms with Crippen molar-refractivity contribution in [1.29, 1.82) is 0 Å². The zero-order valence-electron chi connectivity index (χ0n) is 10.2. The predicted octanol–water partition coefficient (Wildman–Crippen LogP) is 3.84. The van der Waals surface area contributed by atoms with Crippen LogP contribution in [0.3, 0.4) is 0 Å². The fraction of sp³-hybridized carbons (Fsp3) is 0.800. The molecule has 0 atom stereocenters. The number of rotatable bonds is 1. The Hall–Kier alpha value is 0.391. The van der Waals surface area contributed by atoms with E-state index in [1.807, 2.05) is 0 Å². The summed E-state index contributed by atoms with van der Waals surface area (Å²) in [7, 11) is -2.93. The van der Waals surface area contributed by atoms with Gasteiger partial charge >= 0.3 is 0 Å². The summed E-state index contributed by atoms with van der Waals surface area (Å²) < 4.78 is 0. The molecule has 0 unspecified atom stereocenters. The van der Waals surface area contributed by atoms with E-state index < -0.39 is 24.2 Å². The van der Waals surface area contributed by atoms with E-state index in [-0.39, 0.29) is 0 Å². The van der Waals surface area contributed by atoms with Crippen LogP contribution in [0.15, 0.2) is 11.4 Å². The summed E-state index contributed by atoms with van der Waals surface area (Å²) in [4.78, 5) is 1.15. The van der Waals surface area contributed by atoms with Gasteiger partial charge in [-0.05, 0) is 4.79 Å². The molecule has 0 nitrogen and oxygen atoms in total. The van der Waals surface area contributed by atoms with Gasteiger partial charge in [-0.25, -0.2) is 0 Å². The smallest absolute Gasteiger partial charge is 0.0690 e. The predicted molar refractivity (Wildman–Crippen MR) is 71.2 cm³/mol. The fourth-order valence-corrected chi connectivity index (χ4v) is 34.3. The molecule has 0 saturated carbocycles. The molecule has 0 aliphatic carbocycles. The molecular formula is C10H24Si3. The summed E-state index contributed by atoms with van der Waals surface area (Å²) in [6, 6.07) is 0. The van der Waals surface area contributed by atoms with Crippen LogP contribution in [0.4, 0.5) is 0 Å². The highest BCUT2D eigenvalue weighted by atomic mass is 28.5. The van der Waals surface area contributed by atoms with Crippen molar-refractivity contribution in [3.8, 4) is 0 Å². The van der Waals surface area contributed by atoms with Crippen molar-refractivity contribution in [2.75, 3.05) is 0 Å². The van der Waals surface area contributed by atoms with Gasteiger partial charge in [0, 0.05) is 8.07 Å². The molecule has 0 N–H and O–H groups in total. The Labute approximate surface area is 86.5 Å². The molecule has 0 bridgehead atoms. The zero-order chi connectivity index (χ0) is 10.5. The van der Waals surface area contributed by atoms with E-state index >= 15 is 0 Å². The minimum atomic E-state index is -0.997. The maximum absolute atomic E-state index is 2.63. The second-order valence-corrected chi connectivity index (χ2v) is 22.9. The lowest BCUT2D eigenvalue weighted by molar-refractivity contribution is 1.40. The molecule has 0 saturated heterocycles. The molecule has 0 aromatic carbocycles. The summed E-state index contributed by atoms with van der Waals surface area (Å²) in [5, 5.41) is 0. The zero-order valence-corrected chi connectivity index (χ0v) is 13.2. The lowest BCUT2D eigenvalue weighted by Gasteiger charge is -2.42. The van der Waals surface area contributed by atoms with Crippen molar-refractivity contribution in [3.63, 3.8) is 0 Å². The van der Waals surface area contributed by atoms with Crippen LogP contribution in [0, 0.1) is 0 Å². The van der Waals surface area contributed by atoms with Crippen LogP contribution in [0.5, 0.6) is 0 Å². The van der Waals surface area contributed by atoms with Crippen molar-refractivity contribution in [2.24, 2.45) is 0 Å². The van der Waals surface area contributed by atoms with Gasteiger partial charge in [-0.15, -0.1) is 11.4 Å². The molecule has 76 valence electrons. The summed E-state index contributed by atoms with van der Waals surface area (Å²) in [6.45, 7) is 17.9. The molecule has 1 rings (SSSR count). The molecule has 0 fully saturated rings. The highest BCUT2D eigenvalue weighted by Gasteiger charge is 2.51. The van der Waals surface area contributed by atoms with Gasteiger partial charge in [0.1, 0.15) is 0 Å². The van der Waals surface area contributed by atoms with E-state index in [2.05, 4.69) is 57.2 Å². The maximum atomic E-state index is 2.63. The van der Waals surface area contributed by atoms with Crippen molar-refractivity contribution in [3.05, 3.63) is 11.4 Å². The van der Waals surface area contributed by atoms with Crippen molar-refractivity contribution >= 4 is 24.2 Å². The van der Waals surface area contributed by atoms with Gasteiger partial charge in [-0.1, -0.05) is 45.8 Å². The molecule has 1 aliphatic rings. The van der Waals surface area contributed by atoms with Gasteiger partial charge in [0.15, 0.2) is 0 Å². The molecule has 1 aliphatic heterocycles. The van der Waals surface area contributed by atoms with Crippen LogP contribution in [-0.4, -0.2) is 24.2 Å². The molecule has 0 radical (unpaired) electrons. The van der Waals surface area contributed by atoms with Crippen LogP contribution in [0.25, 0.3) is 0 Å². The summed E-state index contributed by atoms with van der Waals surface area (Å²) in [6.07, 6.45) is 0.